The molecule has 3 fully saturated rings. The fraction of sp³-hybridized carbons (Fsp3) is 0.448. The van der Waals surface area contributed by atoms with Gasteiger partial charge in [-0.05, 0) is 25.0 Å². The van der Waals surface area contributed by atoms with Crippen LogP contribution in [0.5, 0.6) is 11.5 Å². The molecule has 5 heterocycles. The van der Waals surface area contributed by atoms with Gasteiger partial charge in [-0.25, -0.2) is 15.0 Å². The van der Waals surface area contributed by atoms with E-state index in [4.69, 9.17) is 52.1 Å². The van der Waals surface area contributed by atoms with E-state index in [1.54, 1.807) is 12.3 Å². The van der Waals surface area contributed by atoms with Gasteiger partial charge in [0, 0.05) is 43.2 Å². The molecular weight excluding hydrogens is 583 g/mol. The maximum Gasteiger partial charge on any atom is 0.243 e. The lowest BCUT2D eigenvalue weighted by Gasteiger charge is -2.48. The van der Waals surface area contributed by atoms with Crippen LogP contribution < -0.4 is 25.0 Å². The van der Waals surface area contributed by atoms with E-state index < -0.39 is 0 Å². The molecular formula is C29H32Cl2N6O5. The number of nitrogens with one attached hydrogen (secondary N) is 2. The number of ether oxygens (including phenoxy) is 4. The fourth-order valence-electron chi connectivity index (χ4n) is 5.83. The summed E-state index contributed by atoms with van der Waals surface area (Å²) >= 11 is 13.5. The number of amides is 1. The van der Waals surface area contributed by atoms with E-state index in [1.807, 2.05) is 6.07 Å². The first kappa shape index (κ1) is 28.7. The lowest BCUT2D eigenvalue weighted by atomic mass is 9.79. The second-order valence-electron chi connectivity index (χ2n) is 10.8. The number of carbonyl (C=O) groups excluding carboxylic acids is 1. The molecule has 2 N–H and O–H groups in total. The molecule has 3 aliphatic rings. The molecule has 1 spiro atoms. The van der Waals surface area contributed by atoms with Gasteiger partial charge >= 0.3 is 0 Å². The van der Waals surface area contributed by atoms with Crippen molar-refractivity contribution in [1.82, 2.24) is 20.3 Å². The number of hydrogen-bond acceptors (Lipinski definition) is 10. The Morgan fingerprint density at radius 1 is 1.12 bits per heavy atom. The van der Waals surface area contributed by atoms with E-state index in [2.05, 4.69) is 27.1 Å². The van der Waals surface area contributed by atoms with Gasteiger partial charge in [0.05, 0.1) is 66.8 Å². The highest BCUT2D eigenvalue weighted by Crippen LogP contribution is 2.47. The molecule has 3 aromatic rings. The summed E-state index contributed by atoms with van der Waals surface area (Å²) in [5.41, 5.74) is 1.16. The number of nitrogens with zero attached hydrogens (tertiary/aromatic N) is 4. The highest BCUT2D eigenvalue weighted by molar-refractivity contribution is 6.41. The van der Waals surface area contributed by atoms with Crippen molar-refractivity contribution in [3.05, 3.63) is 41.0 Å². The predicted molar refractivity (Wildman–Crippen MR) is 161 cm³/mol. The molecule has 0 bridgehead atoms. The second kappa shape index (κ2) is 11.7. The van der Waals surface area contributed by atoms with Crippen molar-refractivity contribution >= 4 is 51.6 Å². The van der Waals surface area contributed by atoms with Crippen LogP contribution in [-0.2, 0) is 14.3 Å². The quantitative estimate of drug-likeness (QED) is 0.359. The molecule has 3 aliphatic heterocycles. The van der Waals surface area contributed by atoms with Crippen molar-refractivity contribution < 1.29 is 23.7 Å². The maximum atomic E-state index is 12.0. The highest BCUT2D eigenvalue weighted by Gasteiger charge is 2.47. The standard InChI is InChI=1S/C29H32Cl2N6O5/c1-4-23(38)34-17-5-7-41-12-19(17)33-22-9-16-18(11-32-22)35-27(24-25(30)20(39-2)10-21(40-3)26(24)31)36-28(16)37-13-29(14-37)6-8-42-15-29/h4,9-11,17,19H,1,5-8,12-15H2,2-3H3,(H,32,33)(H,34,38)/t17-,19+/m0/s1. The van der Waals surface area contributed by atoms with Gasteiger partial charge < -0.3 is 34.5 Å². The smallest absolute Gasteiger partial charge is 0.243 e. The first-order chi connectivity index (χ1) is 20.3. The van der Waals surface area contributed by atoms with Gasteiger partial charge in [0.1, 0.15) is 23.1 Å². The zero-order valence-electron chi connectivity index (χ0n) is 23.4. The number of benzene rings is 1. The number of carbonyl (C=O) groups is 1. The Kier molecular flexibility index (Phi) is 8.01. The van der Waals surface area contributed by atoms with Gasteiger partial charge in [0.2, 0.25) is 5.91 Å². The number of hydrogen-bond donors (Lipinski definition) is 2. The van der Waals surface area contributed by atoms with E-state index in [0.29, 0.717) is 53.9 Å². The van der Waals surface area contributed by atoms with Crippen LogP contribution in [0.25, 0.3) is 22.3 Å². The summed E-state index contributed by atoms with van der Waals surface area (Å²) in [6, 6.07) is 3.25. The maximum absolute atomic E-state index is 12.0. The van der Waals surface area contributed by atoms with E-state index in [-0.39, 0.29) is 33.5 Å². The van der Waals surface area contributed by atoms with Crippen LogP contribution in [0.4, 0.5) is 11.6 Å². The number of aromatic nitrogens is 3. The van der Waals surface area contributed by atoms with E-state index in [1.165, 1.54) is 20.3 Å². The molecule has 0 aliphatic carbocycles. The normalized spacial score (nSPS) is 21.2. The van der Waals surface area contributed by atoms with Gasteiger partial charge in [-0.2, -0.15) is 0 Å². The summed E-state index contributed by atoms with van der Waals surface area (Å²) in [5.74, 6) is 2.26. The molecule has 0 saturated carbocycles. The average molecular weight is 616 g/mol. The Bertz CT molecular complexity index is 1500. The lowest BCUT2D eigenvalue weighted by molar-refractivity contribution is -0.117. The van der Waals surface area contributed by atoms with Crippen LogP contribution in [-0.4, -0.2) is 86.7 Å². The zero-order chi connectivity index (χ0) is 29.4. The van der Waals surface area contributed by atoms with Crippen LogP contribution in [0.1, 0.15) is 12.8 Å². The molecule has 42 heavy (non-hydrogen) atoms. The zero-order valence-corrected chi connectivity index (χ0v) is 24.9. The SMILES string of the molecule is C=CC(=O)N[C@H]1CCOC[C@H]1Nc1cc2c(N3CC4(CCOC4)C3)nc(-c3c(Cl)c(OC)cc(OC)c3Cl)nc2cn1. The second-order valence-corrected chi connectivity index (χ2v) is 11.6. The first-order valence-corrected chi connectivity index (χ1v) is 14.5. The Balaban J connectivity index is 1.41. The number of halogens is 2. The van der Waals surface area contributed by atoms with Crippen LogP contribution in [0.15, 0.2) is 31.0 Å². The number of anilines is 2. The van der Waals surface area contributed by atoms with Crippen molar-refractivity contribution in [2.24, 2.45) is 5.41 Å². The molecule has 6 rings (SSSR count). The third kappa shape index (κ3) is 5.30. The largest absolute Gasteiger partial charge is 0.495 e. The highest BCUT2D eigenvalue weighted by atomic mass is 35.5. The first-order valence-electron chi connectivity index (χ1n) is 13.7. The van der Waals surface area contributed by atoms with Crippen molar-refractivity contribution in [2.45, 2.75) is 24.9 Å². The molecule has 11 nitrogen and oxygen atoms in total. The Labute approximate surface area is 253 Å². The number of fused-ring (bicyclic) bond motifs is 1. The van der Waals surface area contributed by atoms with Gasteiger partial charge in [-0.1, -0.05) is 29.8 Å². The summed E-state index contributed by atoms with van der Waals surface area (Å²) in [6.45, 7) is 7.66. The minimum absolute atomic E-state index is 0.121. The van der Waals surface area contributed by atoms with Crippen LogP contribution in [0.2, 0.25) is 10.0 Å². The minimum Gasteiger partial charge on any atom is -0.495 e. The third-order valence-corrected chi connectivity index (χ3v) is 8.85. The van der Waals surface area contributed by atoms with Crippen molar-refractivity contribution in [3.8, 4) is 22.9 Å². The molecule has 13 heteroatoms. The topological polar surface area (TPSA) is 120 Å². The summed E-state index contributed by atoms with van der Waals surface area (Å²) in [5, 5.41) is 7.82. The molecule has 0 radical (unpaired) electrons. The average Bonchev–Trinajstić information content (AvgIpc) is 3.48. The van der Waals surface area contributed by atoms with Crippen LogP contribution in [0, 0.1) is 5.41 Å². The predicted octanol–water partition coefficient (Wildman–Crippen LogP) is 4.11. The number of methoxy groups -OCH3 is 2. The molecule has 1 amide bonds. The Hall–Kier alpha value is -3.38. The van der Waals surface area contributed by atoms with Gasteiger partial charge in [-0.15, -0.1) is 0 Å². The summed E-state index contributed by atoms with van der Waals surface area (Å²) < 4.78 is 22.4. The summed E-state index contributed by atoms with van der Waals surface area (Å²) in [4.78, 5) is 28.7. The van der Waals surface area contributed by atoms with Gasteiger partial charge in [-0.3, -0.25) is 4.79 Å². The molecule has 2 atom stereocenters. The molecule has 1 aromatic carbocycles. The molecule has 2 aromatic heterocycles. The summed E-state index contributed by atoms with van der Waals surface area (Å²) in [7, 11) is 3.05. The number of pyridine rings is 1. The van der Waals surface area contributed by atoms with Crippen molar-refractivity contribution in [2.75, 3.05) is 64.0 Å². The van der Waals surface area contributed by atoms with E-state index >= 15 is 0 Å². The van der Waals surface area contributed by atoms with Crippen LogP contribution >= 0.6 is 23.2 Å². The van der Waals surface area contributed by atoms with Crippen molar-refractivity contribution in [3.63, 3.8) is 0 Å². The lowest BCUT2D eigenvalue weighted by Crippen LogP contribution is -2.57. The monoisotopic (exact) mass is 614 g/mol. The van der Waals surface area contributed by atoms with Crippen LogP contribution in [0.3, 0.4) is 0 Å². The van der Waals surface area contributed by atoms with E-state index in [9.17, 15) is 4.79 Å². The fourth-order valence-corrected chi connectivity index (χ4v) is 6.50. The summed E-state index contributed by atoms with van der Waals surface area (Å²) in [6.07, 6.45) is 4.65. The third-order valence-electron chi connectivity index (χ3n) is 8.10. The minimum atomic E-state index is -0.225. The van der Waals surface area contributed by atoms with E-state index in [0.717, 1.165) is 43.9 Å². The van der Waals surface area contributed by atoms with Gasteiger partial charge in [0.25, 0.3) is 0 Å². The molecule has 3 saturated heterocycles. The van der Waals surface area contributed by atoms with Crippen molar-refractivity contribution in [1.29, 1.82) is 0 Å². The van der Waals surface area contributed by atoms with Gasteiger partial charge in [0.15, 0.2) is 5.82 Å². The molecule has 222 valence electrons. The Morgan fingerprint density at radius 3 is 2.55 bits per heavy atom. The number of rotatable bonds is 8. The molecule has 0 unspecified atom stereocenters. The Morgan fingerprint density at radius 2 is 1.88 bits per heavy atom.